The van der Waals surface area contributed by atoms with Gasteiger partial charge in [-0.25, -0.2) is 13.2 Å². The Hall–Kier alpha value is -4.56. The zero-order chi connectivity index (χ0) is 28.3. The third kappa shape index (κ3) is 6.02. The van der Waals surface area contributed by atoms with Gasteiger partial charge in [0.15, 0.2) is 0 Å². The lowest BCUT2D eigenvalue weighted by Gasteiger charge is -2.19. The highest BCUT2D eigenvalue weighted by Gasteiger charge is 2.21. The van der Waals surface area contributed by atoms with Gasteiger partial charge in [-0.2, -0.15) is 0 Å². The molecule has 0 radical (unpaired) electrons. The molecule has 40 heavy (non-hydrogen) atoms. The van der Waals surface area contributed by atoms with Crippen LogP contribution in [0.5, 0.6) is 5.88 Å². The summed E-state index contributed by atoms with van der Waals surface area (Å²) in [5.41, 5.74) is 4.47. The molecule has 1 aromatic heterocycles. The van der Waals surface area contributed by atoms with Crippen molar-refractivity contribution in [3.63, 3.8) is 0 Å². The minimum atomic E-state index is -3.82. The highest BCUT2D eigenvalue weighted by atomic mass is 32.2. The average Bonchev–Trinajstić information content (AvgIpc) is 3.29. The Bertz CT molecular complexity index is 1740. The zero-order valence-electron chi connectivity index (χ0n) is 22.6. The second-order valence-electron chi connectivity index (χ2n) is 10.6. The second kappa shape index (κ2) is 10.9. The van der Waals surface area contributed by atoms with E-state index in [-0.39, 0.29) is 16.2 Å². The smallest absolute Gasteiger partial charge is 0.393 e. The van der Waals surface area contributed by atoms with E-state index in [1.165, 1.54) is 0 Å². The van der Waals surface area contributed by atoms with E-state index in [1.807, 2.05) is 72.8 Å². The first-order valence-electron chi connectivity index (χ1n) is 12.9. The fourth-order valence-electron chi connectivity index (χ4n) is 4.45. The molecule has 0 atom stereocenters. The predicted molar refractivity (Wildman–Crippen MR) is 159 cm³/mol. The molecule has 0 aliphatic rings. The number of hydrogen-bond donors (Lipinski definition) is 3. The van der Waals surface area contributed by atoms with Crippen LogP contribution in [0.15, 0.2) is 108 Å². The van der Waals surface area contributed by atoms with Crippen LogP contribution < -0.4 is 14.8 Å². The Balaban J connectivity index is 1.44. The van der Waals surface area contributed by atoms with Crippen LogP contribution in [0.2, 0.25) is 0 Å². The molecule has 5 aromatic rings. The number of nitrogens with one attached hydrogen (secondary N) is 3. The number of carbonyl (C=O) groups excluding carboxylic acids is 1. The van der Waals surface area contributed by atoms with E-state index in [1.54, 1.807) is 30.3 Å². The molecule has 204 valence electrons. The third-order valence-corrected chi connectivity index (χ3v) is 7.98. The van der Waals surface area contributed by atoms with Gasteiger partial charge in [-0.15, -0.1) is 0 Å². The minimum absolute atomic E-state index is 0.0822. The number of ether oxygens (including phenoxy) is 1. The lowest BCUT2D eigenvalue weighted by molar-refractivity contribution is 0.198. The molecule has 0 aliphatic heterocycles. The third-order valence-electron chi connectivity index (χ3n) is 6.58. The molecule has 0 spiro atoms. The van der Waals surface area contributed by atoms with Crippen molar-refractivity contribution in [3.05, 3.63) is 114 Å². The number of carbonyl (C=O) groups is 1. The van der Waals surface area contributed by atoms with Crippen molar-refractivity contribution < 1.29 is 17.9 Å². The van der Waals surface area contributed by atoms with E-state index in [0.717, 1.165) is 16.7 Å². The molecule has 7 nitrogen and oxygen atoms in total. The summed E-state index contributed by atoms with van der Waals surface area (Å²) in [6, 6.07) is 31.1. The van der Waals surface area contributed by atoms with Crippen molar-refractivity contribution in [1.29, 1.82) is 0 Å². The molecule has 0 saturated carbocycles. The Morgan fingerprint density at radius 2 is 1.50 bits per heavy atom. The zero-order valence-corrected chi connectivity index (χ0v) is 23.4. The van der Waals surface area contributed by atoms with Gasteiger partial charge in [0.1, 0.15) is 0 Å². The maximum atomic E-state index is 13.2. The Morgan fingerprint density at radius 1 is 0.850 bits per heavy atom. The number of rotatable bonds is 7. The van der Waals surface area contributed by atoms with Crippen molar-refractivity contribution in [1.82, 2.24) is 10.3 Å². The molecule has 0 aliphatic carbocycles. The molecule has 0 bridgehead atoms. The maximum absolute atomic E-state index is 13.2. The van der Waals surface area contributed by atoms with E-state index in [9.17, 15) is 13.2 Å². The number of aromatic nitrogens is 1. The Kier molecular flexibility index (Phi) is 7.36. The van der Waals surface area contributed by atoms with Crippen molar-refractivity contribution >= 4 is 32.7 Å². The number of hydrogen-bond acceptors (Lipinski definition) is 4. The summed E-state index contributed by atoms with van der Waals surface area (Å²) < 4.78 is 34.8. The lowest BCUT2D eigenvalue weighted by atomic mass is 9.87. The van der Waals surface area contributed by atoms with Crippen molar-refractivity contribution in [2.45, 2.75) is 37.6 Å². The van der Waals surface area contributed by atoms with Gasteiger partial charge in [0.05, 0.1) is 10.5 Å². The van der Waals surface area contributed by atoms with E-state index in [0.29, 0.717) is 28.7 Å². The average molecular weight is 554 g/mol. The number of anilines is 1. The molecule has 4 aromatic carbocycles. The number of H-pyrrole nitrogens is 1. The second-order valence-corrected chi connectivity index (χ2v) is 12.2. The number of sulfonamides is 1. The highest BCUT2D eigenvalue weighted by molar-refractivity contribution is 7.92. The first-order chi connectivity index (χ1) is 19.1. The molecule has 0 unspecified atom stereocenters. The lowest BCUT2D eigenvalue weighted by Crippen LogP contribution is -2.26. The van der Waals surface area contributed by atoms with Gasteiger partial charge in [0.25, 0.3) is 10.0 Å². The maximum Gasteiger partial charge on any atom is 0.414 e. The van der Waals surface area contributed by atoms with Crippen LogP contribution in [0.4, 0.5) is 10.5 Å². The molecular formula is C32H31N3O4S. The summed E-state index contributed by atoms with van der Waals surface area (Å²) in [5, 5.41) is 3.48. The number of aromatic amines is 1. The molecule has 0 saturated heterocycles. The van der Waals surface area contributed by atoms with Gasteiger partial charge < -0.3 is 15.0 Å². The Labute approximate surface area is 234 Å². The quantitative estimate of drug-likeness (QED) is 0.198. The van der Waals surface area contributed by atoms with Crippen molar-refractivity contribution in [3.8, 4) is 17.0 Å². The molecule has 1 amide bonds. The SMILES string of the molecule is CC(C)(C)c1ccc(S(=O)(=O)Nc2ccc3[nH]c(OC(=O)NCc4ccccc4)c(-c4ccccc4)c3c2)cc1. The fourth-order valence-corrected chi connectivity index (χ4v) is 5.50. The number of amides is 1. The van der Waals surface area contributed by atoms with E-state index in [2.05, 4.69) is 35.8 Å². The first kappa shape index (κ1) is 27.0. The monoisotopic (exact) mass is 553 g/mol. The van der Waals surface area contributed by atoms with Crippen LogP contribution in [-0.4, -0.2) is 19.5 Å². The van der Waals surface area contributed by atoms with Gasteiger partial charge >= 0.3 is 6.09 Å². The van der Waals surface area contributed by atoms with E-state index >= 15 is 0 Å². The standard InChI is InChI=1S/C32H31N3O4S/c1-32(2,3)24-14-17-26(18-15-24)40(37,38)35-25-16-19-28-27(20-25)29(23-12-8-5-9-13-23)30(34-28)39-31(36)33-21-22-10-6-4-7-11-22/h4-20,34-35H,21H2,1-3H3,(H,33,36). The highest BCUT2D eigenvalue weighted by Crippen LogP contribution is 2.39. The van der Waals surface area contributed by atoms with E-state index in [4.69, 9.17) is 4.74 Å². The van der Waals surface area contributed by atoms with Gasteiger partial charge in [0, 0.05) is 23.1 Å². The largest absolute Gasteiger partial charge is 0.414 e. The van der Waals surface area contributed by atoms with Gasteiger partial charge in [-0.05, 0) is 52.4 Å². The van der Waals surface area contributed by atoms with Crippen LogP contribution in [0, 0.1) is 0 Å². The topological polar surface area (TPSA) is 100 Å². The summed E-state index contributed by atoms with van der Waals surface area (Å²) in [6.45, 7) is 6.56. The van der Waals surface area contributed by atoms with Crippen LogP contribution in [0.3, 0.4) is 0 Å². The molecule has 3 N–H and O–H groups in total. The molecule has 0 fully saturated rings. The van der Waals surface area contributed by atoms with Crippen molar-refractivity contribution in [2.75, 3.05) is 4.72 Å². The van der Waals surface area contributed by atoms with Crippen LogP contribution in [0.1, 0.15) is 31.9 Å². The van der Waals surface area contributed by atoms with Gasteiger partial charge in [-0.3, -0.25) is 4.72 Å². The molecule has 8 heteroatoms. The molecular weight excluding hydrogens is 522 g/mol. The normalized spacial score (nSPS) is 11.8. The summed E-state index contributed by atoms with van der Waals surface area (Å²) in [7, 11) is -3.82. The summed E-state index contributed by atoms with van der Waals surface area (Å²) in [4.78, 5) is 16.0. The predicted octanol–water partition coefficient (Wildman–Crippen LogP) is 7.22. The molecule has 5 rings (SSSR count). The first-order valence-corrected chi connectivity index (χ1v) is 14.4. The molecule has 1 heterocycles. The van der Waals surface area contributed by atoms with E-state index < -0.39 is 16.1 Å². The summed E-state index contributed by atoms with van der Waals surface area (Å²) in [6.07, 6.45) is -0.604. The van der Waals surface area contributed by atoms with Crippen molar-refractivity contribution in [2.24, 2.45) is 0 Å². The fraction of sp³-hybridized carbons (Fsp3) is 0.156. The Morgan fingerprint density at radius 3 is 2.15 bits per heavy atom. The van der Waals surface area contributed by atoms with Gasteiger partial charge in [-0.1, -0.05) is 93.6 Å². The van der Waals surface area contributed by atoms with Crippen LogP contribution in [0.25, 0.3) is 22.0 Å². The van der Waals surface area contributed by atoms with Crippen LogP contribution >= 0.6 is 0 Å². The summed E-state index contributed by atoms with van der Waals surface area (Å²) >= 11 is 0. The number of benzene rings is 4. The number of fused-ring (bicyclic) bond motifs is 1. The minimum Gasteiger partial charge on any atom is -0.393 e. The summed E-state index contributed by atoms with van der Waals surface area (Å²) in [5.74, 6) is 0.268. The van der Waals surface area contributed by atoms with Crippen LogP contribution in [-0.2, 0) is 22.0 Å². The van der Waals surface area contributed by atoms with Gasteiger partial charge in [0.2, 0.25) is 5.88 Å².